The Balaban J connectivity index is 1.55. The minimum absolute atomic E-state index is 0.135. The molecule has 37 heavy (non-hydrogen) atoms. The number of para-hydroxylation sites is 1. The van der Waals surface area contributed by atoms with E-state index in [0.29, 0.717) is 12.2 Å². The molecular formula is C30H41NO6. The Bertz CT molecular complexity index is 957. The SMILES string of the molecule is CCCCCCCCCCCCCCCCOC(=O)c1ccc(OC(=O)c2ccccc2[N+](=O)[O-])cc1. The lowest BCUT2D eigenvalue weighted by Gasteiger charge is -2.07. The normalized spacial score (nSPS) is 10.7. The van der Waals surface area contributed by atoms with Crippen LogP contribution in [0.4, 0.5) is 5.69 Å². The number of ether oxygens (including phenoxy) is 2. The van der Waals surface area contributed by atoms with Crippen molar-refractivity contribution in [2.75, 3.05) is 6.61 Å². The highest BCUT2D eigenvalue weighted by atomic mass is 16.6. The van der Waals surface area contributed by atoms with Crippen LogP contribution in [0.25, 0.3) is 0 Å². The summed E-state index contributed by atoms with van der Waals surface area (Å²) >= 11 is 0. The van der Waals surface area contributed by atoms with E-state index < -0.39 is 16.9 Å². The molecule has 202 valence electrons. The molecule has 0 aromatic heterocycles. The van der Waals surface area contributed by atoms with Crippen molar-refractivity contribution in [3.05, 3.63) is 69.8 Å². The van der Waals surface area contributed by atoms with E-state index in [1.54, 1.807) is 0 Å². The number of nitro groups is 1. The van der Waals surface area contributed by atoms with Crippen molar-refractivity contribution >= 4 is 17.6 Å². The maximum atomic E-state index is 12.3. The van der Waals surface area contributed by atoms with E-state index in [1.165, 1.54) is 119 Å². The second-order valence-corrected chi connectivity index (χ2v) is 9.42. The van der Waals surface area contributed by atoms with E-state index in [2.05, 4.69) is 6.92 Å². The molecule has 0 aliphatic heterocycles. The summed E-state index contributed by atoms with van der Waals surface area (Å²) in [7, 11) is 0. The second-order valence-electron chi connectivity index (χ2n) is 9.42. The zero-order chi connectivity index (χ0) is 26.7. The van der Waals surface area contributed by atoms with Crippen molar-refractivity contribution in [3.63, 3.8) is 0 Å². The number of rotatable bonds is 19. The molecule has 0 saturated heterocycles. The Kier molecular flexibility index (Phi) is 14.7. The molecule has 2 aromatic rings. The first kappa shape index (κ1) is 30.0. The number of nitro benzene ring substituents is 1. The molecule has 0 radical (unpaired) electrons. The molecular weight excluding hydrogens is 470 g/mol. The van der Waals surface area contributed by atoms with Gasteiger partial charge in [-0.2, -0.15) is 0 Å². The van der Waals surface area contributed by atoms with Crippen molar-refractivity contribution in [2.24, 2.45) is 0 Å². The molecule has 0 N–H and O–H groups in total. The highest BCUT2D eigenvalue weighted by Gasteiger charge is 2.21. The first-order valence-corrected chi connectivity index (χ1v) is 13.8. The van der Waals surface area contributed by atoms with E-state index in [0.717, 1.165) is 19.3 Å². The van der Waals surface area contributed by atoms with Gasteiger partial charge < -0.3 is 9.47 Å². The van der Waals surface area contributed by atoms with Gasteiger partial charge in [0.1, 0.15) is 11.3 Å². The average Bonchev–Trinajstić information content (AvgIpc) is 2.91. The standard InChI is InChI=1S/C30H41NO6/c1-2-3-4-5-6-7-8-9-10-11-12-13-14-17-24-36-29(32)25-20-22-26(23-21-25)37-30(33)27-18-15-16-19-28(27)31(34)35/h15-16,18-23H,2-14,17,24H2,1H3. The molecule has 7 heteroatoms. The molecule has 2 aromatic carbocycles. The average molecular weight is 512 g/mol. The fourth-order valence-electron chi connectivity index (χ4n) is 4.17. The summed E-state index contributed by atoms with van der Waals surface area (Å²) in [5, 5.41) is 11.1. The Labute approximate surface area is 220 Å². The lowest BCUT2D eigenvalue weighted by atomic mass is 10.0. The number of nitrogens with zero attached hydrogens (tertiary/aromatic N) is 1. The number of esters is 2. The zero-order valence-electron chi connectivity index (χ0n) is 22.1. The van der Waals surface area contributed by atoms with E-state index in [1.807, 2.05) is 0 Å². The van der Waals surface area contributed by atoms with Crippen LogP contribution in [0, 0.1) is 10.1 Å². The van der Waals surface area contributed by atoms with E-state index >= 15 is 0 Å². The van der Waals surface area contributed by atoms with Crippen LogP contribution >= 0.6 is 0 Å². The van der Waals surface area contributed by atoms with Gasteiger partial charge in [-0.15, -0.1) is 0 Å². The lowest BCUT2D eigenvalue weighted by molar-refractivity contribution is -0.385. The first-order valence-electron chi connectivity index (χ1n) is 13.8. The van der Waals surface area contributed by atoms with Gasteiger partial charge in [-0.05, 0) is 36.8 Å². The first-order chi connectivity index (χ1) is 18.0. The van der Waals surface area contributed by atoms with Gasteiger partial charge in [0.25, 0.3) is 5.69 Å². The van der Waals surface area contributed by atoms with Crippen molar-refractivity contribution in [3.8, 4) is 5.75 Å². The molecule has 0 atom stereocenters. The van der Waals surface area contributed by atoms with Gasteiger partial charge in [-0.1, -0.05) is 103 Å². The Morgan fingerprint density at radius 2 is 1.22 bits per heavy atom. The number of hydrogen-bond donors (Lipinski definition) is 0. The van der Waals surface area contributed by atoms with Crippen LogP contribution < -0.4 is 4.74 Å². The third-order valence-corrected chi connectivity index (χ3v) is 6.35. The third-order valence-electron chi connectivity index (χ3n) is 6.35. The lowest BCUT2D eigenvalue weighted by Crippen LogP contribution is -2.11. The number of hydrogen-bond acceptors (Lipinski definition) is 6. The van der Waals surface area contributed by atoms with Gasteiger partial charge in [0.05, 0.1) is 17.1 Å². The van der Waals surface area contributed by atoms with Gasteiger partial charge in [-0.25, -0.2) is 9.59 Å². The van der Waals surface area contributed by atoms with Crippen LogP contribution in [0.5, 0.6) is 5.75 Å². The highest BCUT2D eigenvalue weighted by molar-refractivity contribution is 5.95. The van der Waals surface area contributed by atoms with Crippen LogP contribution in [-0.2, 0) is 4.74 Å². The zero-order valence-corrected chi connectivity index (χ0v) is 22.1. The van der Waals surface area contributed by atoms with Crippen molar-refractivity contribution in [1.82, 2.24) is 0 Å². The minimum Gasteiger partial charge on any atom is -0.462 e. The molecule has 0 fully saturated rings. The molecule has 7 nitrogen and oxygen atoms in total. The quantitative estimate of drug-likeness (QED) is 0.0617. The predicted octanol–water partition coefficient (Wildman–Crippen LogP) is 8.45. The summed E-state index contributed by atoms with van der Waals surface area (Å²) < 4.78 is 10.6. The minimum atomic E-state index is -0.833. The van der Waals surface area contributed by atoms with Crippen LogP contribution in [0.1, 0.15) is 118 Å². The number of carbonyl (C=O) groups excluding carboxylic acids is 2. The van der Waals surface area contributed by atoms with Crippen molar-refractivity contribution in [1.29, 1.82) is 0 Å². The third kappa shape index (κ3) is 12.0. The molecule has 0 spiro atoms. The summed E-state index contributed by atoms with van der Waals surface area (Å²) in [4.78, 5) is 35.0. The number of unbranched alkanes of at least 4 members (excludes halogenated alkanes) is 13. The molecule has 0 unspecified atom stereocenters. The molecule has 0 aliphatic carbocycles. The van der Waals surface area contributed by atoms with E-state index in [4.69, 9.17) is 9.47 Å². The summed E-state index contributed by atoms with van der Waals surface area (Å²) in [6, 6.07) is 11.5. The van der Waals surface area contributed by atoms with Crippen LogP contribution in [0.3, 0.4) is 0 Å². The van der Waals surface area contributed by atoms with Gasteiger partial charge >= 0.3 is 11.9 Å². The second kappa shape index (κ2) is 18.1. The fourth-order valence-corrected chi connectivity index (χ4v) is 4.17. The van der Waals surface area contributed by atoms with Crippen molar-refractivity contribution in [2.45, 2.75) is 96.8 Å². The monoisotopic (exact) mass is 511 g/mol. The Hall–Kier alpha value is -3.22. The number of carbonyl (C=O) groups is 2. The summed E-state index contributed by atoms with van der Waals surface area (Å²) in [6.45, 7) is 2.63. The summed E-state index contributed by atoms with van der Waals surface area (Å²) in [6.07, 6.45) is 17.8. The molecule has 2 rings (SSSR count). The number of benzene rings is 2. The van der Waals surface area contributed by atoms with Gasteiger partial charge in [0.15, 0.2) is 0 Å². The Morgan fingerprint density at radius 3 is 1.76 bits per heavy atom. The molecule has 0 heterocycles. The maximum Gasteiger partial charge on any atom is 0.350 e. The smallest absolute Gasteiger partial charge is 0.350 e. The van der Waals surface area contributed by atoms with Crippen LogP contribution in [0.15, 0.2) is 48.5 Å². The van der Waals surface area contributed by atoms with Crippen LogP contribution in [0.2, 0.25) is 0 Å². The highest BCUT2D eigenvalue weighted by Crippen LogP contribution is 2.21. The molecule has 0 amide bonds. The Morgan fingerprint density at radius 1 is 0.703 bits per heavy atom. The molecule has 0 bridgehead atoms. The summed E-state index contributed by atoms with van der Waals surface area (Å²) in [5.74, 6) is -1.07. The van der Waals surface area contributed by atoms with Gasteiger partial charge in [-0.3, -0.25) is 10.1 Å². The maximum absolute atomic E-state index is 12.3. The molecule has 0 aliphatic rings. The van der Waals surface area contributed by atoms with E-state index in [9.17, 15) is 19.7 Å². The van der Waals surface area contributed by atoms with Gasteiger partial charge in [0, 0.05) is 6.07 Å². The van der Waals surface area contributed by atoms with Gasteiger partial charge in [0.2, 0.25) is 0 Å². The van der Waals surface area contributed by atoms with Crippen molar-refractivity contribution < 1.29 is 24.0 Å². The predicted molar refractivity (Wildman–Crippen MR) is 145 cm³/mol. The summed E-state index contributed by atoms with van der Waals surface area (Å²) in [5.41, 5.74) is -0.101. The fraction of sp³-hybridized carbons (Fsp3) is 0.533. The molecule has 0 saturated carbocycles. The van der Waals surface area contributed by atoms with Crippen LogP contribution in [-0.4, -0.2) is 23.5 Å². The van der Waals surface area contributed by atoms with E-state index in [-0.39, 0.29) is 17.0 Å². The largest absolute Gasteiger partial charge is 0.462 e. The topological polar surface area (TPSA) is 95.7 Å².